The van der Waals surface area contributed by atoms with Gasteiger partial charge in [-0.15, -0.1) is 0 Å². The predicted octanol–water partition coefficient (Wildman–Crippen LogP) is 2.77. The van der Waals surface area contributed by atoms with Gasteiger partial charge in [-0.3, -0.25) is 9.59 Å². The molecule has 0 bridgehead atoms. The summed E-state index contributed by atoms with van der Waals surface area (Å²) in [5.41, 5.74) is -0.811. The van der Waals surface area contributed by atoms with Crippen LogP contribution in [0.3, 0.4) is 0 Å². The van der Waals surface area contributed by atoms with Gasteiger partial charge in [0.2, 0.25) is 0 Å². The van der Waals surface area contributed by atoms with E-state index in [2.05, 4.69) is 6.92 Å². The molecule has 1 atom stereocenters. The van der Waals surface area contributed by atoms with E-state index in [1.165, 1.54) is 6.92 Å². The fourth-order valence-electron chi connectivity index (χ4n) is 1.43. The molecule has 3 nitrogen and oxygen atoms in total. The van der Waals surface area contributed by atoms with Gasteiger partial charge in [0, 0.05) is 13.0 Å². The van der Waals surface area contributed by atoms with Crippen LogP contribution in [0.1, 0.15) is 53.4 Å². The van der Waals surface area contributed by atoms with Gasteiger partial charge in [-0.1, -0.05) is 20.3 Å². The Bertz CT molecular complexity index is 235. The van der Waals surface area contributed by atoms with Crippen LogP contribution in [0.5, 0.6) is 0 Å². The Morgan fingerprint density at radius 3 is 2.25 bits per heavy atom. The van der Waals surface area contributed by atoms with Crippen molar-refractivity contribution in [2.75, 3.05) is 13.2 Å². The Labute approximate surface area is 98.6 Å². The number of unbranched alkanes of at least 4 members (excludes halogenated alkanes) is 1. The van der Waals surface area contributed by atoms with Crippen LogP contribution in [-0.4, -0.2) is 24.8 Å². The maximum atomic E-state index is 11.9. The summed E-state index contributed by atoms with van der Waals surface area (Å²) in [6.45, 7) is 8.31. The third-order valence-corrected chi connectivity index (χ3v) is 3.22. The zero-order valence-corrected chi connectivity index (χ0v) is 11.0. The van der Waals surface area contributed by atoms with Crippen molar-refractivity contribution in [2.45, 2.75) is 53.4 Å². The molecule has 0 aliphatic rings. The molecular weight excluding hydrogens is 204 g/mol. The highest BCUT2D eigenvalue weighted by Crippen LogP contribution is 2.25. The van der Waals surface area contributed by atoms with E-state index in [4.69, 9.17) is 4.74 Å². The van der Waals surface area contributed by atoms with Gasteiger partial charge in [-0.05, 0) is 26.7 Å². The summed E-state index contributed by atoms with van der Waals surface area (Å²) in [7, 11) is 0. The topological polar surface area (TPSA) is 43.4 Å². The second kappa shape index (κ2) is 7.55. The molecule has 0 N–H and O–H groups in total. The molecule has 0 aliphatic carbocycles. The lowest BCUT2D eigenvalue weighted by molar-refractivity contribution is -0.139. The molecule has 1 unspecified atom stereocenters. The van der Waals surface area contributed by atoms with E-state index in [0.29, 0.717) is 26.1 Å². The van der Waals surface area contributed by atoms with Crippen LogP contribution in [0, 0.1) is 5.41 Å². The first-order valence-electron chi connectivity index (χ1n) is 6.11. The average Bonchev–Trinajstić information content (AvgIpc) is 2.27. The number of hydrogen-bond donors (Lipinski definition) is 0. The largest absolute Gasteiger partial charge is 0.381 e. The lowest BCUT2D eigenvalue weighted by Crippen LogP contribution is -2.34. The molecule has 0 aromatic carbocycles. The molecule has 0 spiro atoms. The van der Waals surface area contributed by atoms with Gasteiger partial charge in [-0.2, -0.15) is 0 Å². The van der Waals surface area contributed by atoms with Gasteiger partial charge in [0.1, 0.15) is 11.6 Å². The Morgan fingerprint density at radius 2 is 1.81 bits per heavy atom. The number of rotatable bonds is 9. The van der Waals surface area contributed by atoms with Crippen molar-refractivity contribution in [3.05, 3.63) is 0 Å². The number of Topliss-reactive ketones (excluding diaryl/α,β-unsaturated/α-hetero) is 2. The number of ether oxygens (including phenoxy) is 1. The molecular formula is C13H24O3. The van der Waals surface area contributed by atoms with Crippen LogP contribution >= 0.6 is 0 Å². The van der Waals surface area contributed by atoms with E-state index in [-0.39, 0.29) is 11.6 Å². The van der Waals surface area contributed by atoms with E-state index in [1.54, 1.807) is 6.92 Å². The highest BCUT2D eigenvalue weighted by molar-refractivity contribution is 6.05. The summed E-state index contributed by atoms with van der Waals surface area (Å²) in [5, 5.41) is 0. The Kier molecular flexibility index (Phi) is 7.22. The summed E-state index contributed by atoms with van der Waals surface area (Å²) in [6.07, 6.45) is 3.02. The number of hydrogen-bond acceptors (Lipinski definition) is 3. The molecule has 0 saturated carbocycles. The van der Waals surface area contributed by atoms with Crippen LogP contribution < -0.4 is 0 Å². The molecule has 16 heavy (non-hydrogen) atoms. The second-order valence-corrected chi connectivity index (χ2v) is 4.38. The van der Waals surface area contributed by atoms with Crippen molar-refractivity contribution in [2.24, 2.45) is 5.41 Å². The first-order valence-corrected chi connectivity index (χ1v) is 6.11. The molecule has 0 aliphatic heterocycles. The standard InChI is InChI=1S/C13H24O3/c1-5-7-9-16-10-8-12(15)13(4,6-2)11(3)14/h5-10H2,1-4H3. The first kappa shape index (κ1) is 15.3. The molecule has 0 saturated heterocycles. The van der Waals surface area contributed by atoms with Crippen LogP contribution in [0.15, 0.2) is 0 Å². The summed E-state index contributed by atoms with van der Waals surface area (Å²) in [5.74, 6) is -0.0486. The van der Waals surface area contributed by atoms with E-state index in [0.717, 1.165) is 12.8 Å². The van der Waals surface area contributed by atoms with Crippen molar-refractivity contribution in [3.8, 4) is 0 Å². The molecule has 0 fully saturated rings. The summed E-state index contributed by atoms with van der Waals surface area (Å²) in [6, 6.07) is 0. The summed E-state index contributed by atoms with van der Waals surface area (Å²) in [4.78, 5) is 23.3. The molecule has 0 amide bonds. The molecule has 0 aromatic rings. The number of carbonyl (C=O) groups is 2. The second-order valence-electron chi connectivity index (χ2n) is 4.38. The SMILES string of the molecule is CCCCOCCC(=O)C(C)(CC)C(C)=O. The van der Waals surface area contributed by atoms with E-state index < -0.39 is 5.41 Å². The lowest BCUT2D eigenvalue weighted by atomic mass is 9.78. The minimum atomic E-state index is -0.811. The normalized spacial score (nSPS) is 14.5. The highest BCUT2D eigenvalue weighted by Gasteiger charge is 2.35. The van der Waals surface area contributed by atoms with Gasteiger partial charge >= 0.3 is 0 Å². The fraction of sp³-hybridized carbons (Fsp3) is 0.846. The van der Waals surface area contributed by atoms with Gasteiger partial charge in [-0.25, -0.2) is 0 Å². The van der Waals surface area contributed by atoms with Gasteiger partial charge in [0.15, 0.2) is 0 Å². The molecule has 3 heteroatoms. The van der Waals surface area contributed by atoms with Crippen molar-refractivity contribution in [3.63, 3.8) is 0 Å². The number of ketones is 2. The predicted molar refractivity (Wildman–Crippen MR) is 64.4 cm³/mol. The zero-order valence-electron chi connectivity index (χ0n) is 11.0. The maximum Gasteiger partial charge on any atom is 0.148 e. The Hall–Kier alpha value is -0.700. The minimum Gasteiger partial charge on any atom is -0.381 e. The van der Waals surface area contributed by atoms with Crippen LogP contribution in [0.2, 0.25) is 0 Å². The third kappa shape index (κ3) is 4.44. The fourth-order valence-corrected chi connectivity index (χ4v) is 1.43. The minimum absolute atomic E-state index is 0.000927. The van der Waals surface area contributed by atoms with Crippen LogP contribution in [0.25, 0.3) is 0 Å². The van der Waals surface area contributed by atoms with Gasteiger partial charge in [0.25, 0.3) is 0 Å². The van der Waals surface area contributed by atoms with Crippen LogP contribution in [0.4, 0.5) is 0 Å². The quantitative estimate of drug-likeness (QED) is 0.450. The Balaban J connectivity index is 3.99. The van der Waals surface area contributed by atoms with Crippen molar-refractivity contribution in [1.82, 2.24) is 0 Å². The third-order valence-electron chi connectivity index (χ3n) is 3.22. The molecule has 0 rings (SSSR count). The zero-order chi connectivity index (χ0) is 12.6. The summed E-state index contributed by atoms with van der Waals surface area (Å²) >= 11 is 0. The average molecular weight is 228 g/mol. The van der Waals surface area contributed by atoms with E-state index in [9.17, 15) is 9.59 Å². The van der Waals surface area contributed by atoms with Gasteiger partial charge < -0.3 is 4.74 Å². The number of carbonyl (C=O) groups excluding carboxylic acids is 2. The lowest BCUT2D eigenvalue weighted by Gasteiger charge is -2.23. The highest BCUT2D eigenvalue weighted by atomic mass is 16.5. The van der Waals surface area contributed by atoms with Gasteiger partial charge in [0.05, 0.1) is 12.0 Å². The van der Waals surface area contributed by atoms with Crippen molar-refractivity contribution >= 4 is 11.6 Å². The molecule has 0 aromatic heterocycles. The van der Waals surface area contributed by atoms with E-state index in [1.807, 2.05) is 6.92 Å². The van der Waals surface area contributed by atoms with Crippen LogP contribution in [-0.2, 0) is 14.3 Å². The Morgan fingerprint density at radius 1 is 1.19 bits per heavy atom. The summed E-state index contributed by atoms with van der Waals surface area (Å²) < 4.78 is 5.33. The molecule has 94 valence electrons. The molecule has 0 heterocycles. The smallest absolute Gasteiger partial charge is 0.148 e. The van der Waals surface area contributed by atoms with Crippen molar-refractivity contribution < 1.29 is 14.3 Å². The molecule has 0 radical (unpaired) electrons. The maximum absolute atomic E-state index is 11.9. The first-order chi connectivity index (χ1) is 7.49. The van der Waals surface area contributed by atoms with E-state index >= 15 is 0 Å². The van der Waals surface area contributed by atoms with Crippen molar-refractivity contribution in [1.29, 1.82) is 0 Å². The monoisotopic (exact) mass is 228 g/mol.